The Bertz CT molecular complexity index is 766. The molecule has 0 spiro atoms. The van der Waals surface area contributed by atoms with Crippen LogP contribution in [0.1, 0.15) is 17.3 Å². The lowest BCUT2D eigenvalue weighted by Crippen LogP contribution is -2.47. The van der Waals surface area contributed by atoms with Crippen molar-refractivity contribution in [3.8, 4) is 11.5 Å². The van der Waals surface area contributed by atoms with Crippen molar-refractivity contribution < 1.29 is 19.1 Å². The Morgan fingerprint density at radius 2 is 1.72 bits per heavy atom. The fraction of sp³-hybridized carbons (Fsp3) is 0.176. The molecule has 0 aromatic heterocycles. The van der Waals surface area contributed by atoms with Crippen LogP contribution >= 0.6 is 23.2 Å². The first-order valence-corrected chi connectivity index (χ1v) is 8.02. The third kappa shape index (κ3) is 5.27. The fourth-order valence-corrected chi connectivity index (χ4v) is 2.30. The largest absolute Gasteiger partial charge is 0.497 e. The molecule has 0 aliphatic rings. The maximum atomic E-state index is 12.0. The average molecular weight is 383 g/mol. The van der Waals surface area contributed by atoms with Gasteiger partial charge >= 0.3 is 0 Å². The number of amides is 2. The van der Waals surface area contributed by atoms with Crippen molar-refractivity contribution in [3.05, 3.63) is 58.1 Å². The Hall–Kier alpha value is -2.44. The monoisotopic (exact) mass is 382 g/mol. The molecule has 1 atom stereocenters. The second-order valence-electron chi connectivity index (χ2n) is 5.01. The highest BCUT2D eigenvalue weighted by Gasteiger charge is 2.17. The summed E-state index contributed by atoms with van der Waals surface area (Å²) in [6.07, 6.45) is -0.880. The van der Waals surface area contributed by atoms with Crippen LogP contribution in [0.5, 0.6) is 11.5 Å². The Morgan fingerprint density at radius 3 is 2.32 bits per heavy atom. The number of hydrogen-bond acceptors (Lipinski definition) is 4. The van der Waals surface area contributed by atoms with Gasteiger partial charge in [-0.2, -0.15) is 0 Å². The first-order chi connectivity index (χ1) is 11.9. The van der Waals surface area contributed by atoms with E-state index in [2.05, 4.69) is 10.9 Å². The van der Waals surface area contributed by atoms with Crippen LogP contribution < -0.4 is 20.3 Å². The zero-order chi connectivity index (χ0) is 18.4. The summed E-state index contributed by atoms with van der Waals surface area (Å²) < 4.78 is 10.5. The van der Waals surface area contributed by atoms with Gasteiger partial charge in [-0.05, 0) is 49.4 Å². The quantitative estimate of drug-likeness (QED) is 0.778. The van der Waals surface area contributed by atoms with Crippen LogP contribution in [0.15, 0.2) is 42.5 Å². The normalized spacial score (nSPS) is 11.4. The van der Waals surface area contributed by atoms with E-state index >= 15 is 0 Å². The van der Waals surface area contributed by atoms with Crippen molar-refractivity contribution in [3.63, 3.8) is 0 Å². The van der Waals surface area contributed by atoms with Crippen molar-refractivity contribution in [2.45, 2.75) is 13.0 Å². The summed E-state index contributed by atoms with van der Waals surface area (Å²) in [6.45, 7) is 1.53. The Balaban J connectivity index is 1.88. The van der Waals surface area contributed by atoms with Crippen LogP contribution in [0.3, 0.4) is 0 Å². The van der Waals surface area contributed by atoms with E-state index in [9.17, 15) is 9.59 Å². The number of halogens is 2. The van der Waals surface area contributed by atoms with Crippen LogP contribution in [0, 0.1) is 0 Å². The summed E-state index contributed by atoms with van der Waals surface area (Å²) >= 11 is 11.8. The molecule has 1 unspecified atom stereocenters. The number of benzene rings is 2. The third-order valence-corrected chi connectivity index (χ3v) is 3.75. The molecule has 0 radical (unpaired) electrons. The molecule has 0 aliphatic carbocycles. The second-order valence-corrected chi connectivity index (χ2v) is 5.85. The van der Waals surface area contributed by atoms with Crippen LogP contribution in [0.4, 0.5) is 0 Å². The topological polar surface area (TPSA) is 76.7 Å². The SMILES string of the molecule is COc1ccc(C(=O)NNC(=O)C(C)Oc2ccc(Cl)cc2Cl)cc1. The van der Waals surface area contributed by atoms with Crippen LogP contribution in [0.2, 0.25) is 10.0 Å². The standard InChI is InChI=1S/C17H16Cl2N2O4/c1-10(25-15-8-5-12(18)9-14(15)19)16(22)20-21-17(23)11-3-6-13(24-2)7-4-11/h3-10H,1-2H3,(H,20,22)(H,21,23). The molecule has 0 bridgehead atoms. The molecule has 2 aromatic rings. The fourth-order valence-electron chi connectivity index (χ4n) is 1.85. The van der Waals surface area contributed by atoms with Gasteiger partial charge in [0.05, 0.1) is 12.1 Å². The summed E-state index contributed by atoms with van der Waals surface area (Å²) in [7, 11) is 1.53. The highest BCUT2D eigenvalue weighted by Crippen LogP contribution is 2.28. The van der Waals surface area contributed by atoms with Crippen molar-refractivity contribution in [2.75, 3.05) is 7.11 Å². The molecule has 6 nitrogen and oxygen atoms in total. The van der Waals surface area contributed by atoms with E-state index in [1.54, 1.807) is 36.4 Å². The van der Waals surface area contributed by atoms with Crippen molar-refractivity contribution >= 4 is 35.0 Å². The zero-order valence-electron chi connectivity index (χ0n) is 13.5. The number of nitrogens with one attached hydrogen (secondary N) is 2. The average Bonchev–Trinajstić information content (AvgIpc) is 2.61. The molecule has 0 fully saturated rings. The minimum atomic E-state index is -0.880. The van der Waals surface area contributed by atoms with Crippen LogP contribution in [0.25, 0.3) is 0 Å². The summed E-state index contributed by atoms with van der Waals surface area (Å²) in [6, 6.07) is 11.1. The molecular weight excluding hydrogens is 367 g/mol. The van der Waals surface area contributed by atoms with Gasteiger partial charge in [-0.25, -0.2) is 0 Å². The van der Waals surface area contributed by atoms with Gasteiger partial charge in [0.15, 0.2) is 6.10 Å². The van der Waals surface area contributed by atoms with Crippen LogP contribution in [-0.2, 0) is 4.79 Å². The van der Waals surface area contributed by atoms with E-state index < -0.39 is 17.9 Å². The lowest BCUT2D eigenvalue weighted by atomic mass is 10.2. The van der Waals surface area contributed by atoms with Gasteiger partial charge in [-0.15, -0.1) is 0 Å². The predicted octanol–water partition coefficient (Wildman–Crippen LogP) is 3.23. The first kappa shape index (κ1) is 18.9. The molecular formula is C17H16Cl2N2O4. The van der Waals surface area contributed by atoms with E-state index in [-0.39, 0.29) is 5.02 Å². The Kier molecular flexibility index (Phi) is 6.50. The molecule has 2 amide bonds. The van der Waals surface area contributed by atoms with E-state index in [0.29, 0.717) is 22.1 Å². The van der Waals surface area contributed by atoms with Crippen molar-refractivity contribution in [1.29, 1.82) is 0 Å². The number of methoxy groups -OCH3 is 1. The maximum Gasteiger partial charge on any atom is 0.279 e. The lowest BCUT2D eigenvalue weighted by Gasteiger charge is -2.16. The summed E-state index contributed by atoms with van der Waals surface area (Å²) in [5.74, 6) is -0.0572. The zero-order valence-corrected chi connectivity index (χ0v) is 15.0. The van der Waals surface area contributed by atoms with E-state index in [1.165, 1.54) is 20.1 Å². The molecule has 8 heteroatoms. The molecule has 2 rings (SSSR count). The smallest absolute Gasteiger partial charge is 0.279 e. The van der Waals surface area contributed by atoms with Gasteiger partial charge in [-0.3, -0.25) is 20.4 Å². The van der Waals surface area contributed by atoms with E-state index in [1.807, 2.05) is 0 Å². The van der Waals surface area contributed by atoms with Gasteiger partial charge in [0.2, 0.25) is 0 Å². The molecule has 25 heavy (non-hydrogen) atoms. The molecule has 2 aromatic carbocycles. The number of ether oxygens (including phenoxy) is 2. The van der Waals surface area contributed by atoms with Gasteiger partial charge in [-0.1, -0.05) is 23.2 Å². The van der Waals surface area contributed by atoms with Gasteiger partial charge in [0, 0.05) is 10.6 Å². The number of hydrazine groups is 1. The highest BCUT2D eigenvalue weighted by atomic mass is 35.5. The van der Waals surface area contributed by atoms with E-state index in [4.69, 9.17) is 32.7 Å². The van der Waals surface area contributed by atoms with Crippen molar-refractivity contribution in [1.82, 2.24) is 10.9 Å². The molecule has 2 N–H and O–H groups in total. The molecule has 0 aliphatic heterocycles. The molecule has 0 saturated carbocycles. The highest BCUT2D eigenvalue weighted by molar-refractivity contribution is 6.35. The molecule has 0 heterocycles. The number of hydrogen-bond donors (Lipinski definition) is 2. The summed E-state index contributed by atoms with van der Waals surface area (Å²) in [5.41, 5.74) is 4.98. The minimum Gasteiger partial charge on any atom is -0.497 e. The predicted molar refractivity (Wildman–Crippen MR) is 95.2 cm³/mol. The molecule has 132 valence electrons. The second kappa shape index (κ2) is 8.60. The third-order valence-electron chi connectivity index (χ3n) is 3.22. The lowest BCUT2D eigenvalue weighted by molar-refractivity contribution is -0.128. The Labute approximate surface area is 155 Å². The molecule has 0 saturated heterocycles. The van der Waals surface area contributed by atoms with E-state index in [0.717, 1.165) is 0 Å². The first-order valence-electron chi connectivity index (χ1n) is 7.26. The van der Waals surface area contributed by atoms with Gasteiger partial charge in [0.25, 0.3) is 11.8 Å². The maximum absolute atomic E-state index is 12.0. The number of carbonyl (C=O) groups excluding carboxylic acids is 2. The van der Waals surface area contributed by atoms with Crippen molar-refractivity contribution in [2.24, 2.45) is 0 Å². The summed E-state index contributed by atoms with van der Waals surface area (Å²) in [4.78, 5) is 24.0. The summed E-state index contributed by atoms with van der Waals surface area (Å²) in [5, 5.41) is 0.746. The van der Waals surface area contributed by atoms with Gasteiger partial charge < -0.3 is 9.47 Å². The van der Waals surface area contributed by atoms with Crippen LogP contribution in [-0.4, -0.2) is 25.0 Å². The number of carbonyl (C=O) groups is 2. The van der Waals surface area contributed by atoms with Gasteiger partial charge in [0.1, 0.15) is 11.5 Å². The Morgan fingerprint density at radius 1 is 1.04 bits per heavy atom. The number of rotatable bonds is 5. The minimum absolute atomic E-state index is 0.286.